The van der Waals surface area contributed by atoms with Crippen molar-refractivity contribution in [3.63, 3.8) is 0 Å². The van der Waals surface area contributed by atoms with Crippen LogP contribution in [0.1, 0.15) is 32.0 Å². The van der Waals surface area contributed by atoms with Crippen LogP contribution in [0.3, 0.4) is 0 Å². The molecule has 0 saturated carbocycles. The van der Waals surface area contributed by atoms with Crippen LogP contribution in [0, 0.1) is 6.92 Å². The van der Waals surface area contributed by atoms with Crippen molar-refractivity contribution in [2.75, 3.05) is 0 Å². The molecule has 7 nitrogen and oxygen atoms in total. The van der Waals surface area contributed by atoms with Gasteiger partial charge >= 0.3 is 0 Å². The van der Waals surface area contributed by atoms with E-state index in [1.165, 1.54) is 4.68 Å². The number of hydrazine groups is 1. The van der Waals surface area contributed by atoms with Crippen LogP contribution in [0.5, 0.6) is 0 Å². The van der Waals surface area contributed by atoms with Gasteiger partial charge in [0.05, 0.1) is 17.8 Å². The average molecular weight is 442 g/mol. The van der Waals surface area contributed by atoms with Crippen molar-refractivity contribution < 1.29 is 9.59 Å². The summed E-state index contributed by atoms with van der Waals surface area (Å²) < 4.78 is 1.49. The molecule has 0 bridgehead atoms. The molecule has 0 radical (unpaired) electrons. The van der Waals surface area contributed by atoms with Gasteiger partial charge in [-0.3, -0.25) is 20.4 Å². The summed E-state index contributed by atoms with van der Waals surface area (Å²) in [5, 5.41) is 5.83. The molecule has 4 rings (SSSR count). The number of rotatable bonds is 4. The smallest absolute Gasteiger partial charge is 0.274 e. The van der Waals surface area contributed by atoms with E-state index in [-0.39, 0.29) is 10.7 Å². The van der Waals surface area contributed by atoms with Gasteiger partial charge in [-0.25, -0.2) is 4.68 Å². The first-order chi connectivity index (χ1) is 14.5. The molecular weight excluding hydrogens is 425 g/mol. The van der Waals surface area contributed by atoms with Crippen molar-refractivity contribution in [2.24, 2.45) is 0 Å². The first-order valence-corrected chi connectivity index (χ1v) is 9.84. The lowest BCUT2D eigenvalue weighted by atomic mass is 10.2. The van der Waals surface area contributed by atoms with Gasteiger partial charge in [-0.15, -0.1) is 0 Å². The fraction of sp³-hybridized carbons (Fsp3) is 0.0952. The van der Waals surface area contributed by atoms with Gasteiger partial charge in [-0.2, -0.15) is 5.10 Å². The number of benzene rings is 2. The van der Waals surface area contributed by atoms with E-state index in [2.05, 4.69) is 20.9 Å². The molecule has 0 unspecified atom stereocenters. The number of aryl methyl sites for hydroxylation is 1. The van der Waals surface area contributed by atoms with Crippen LogP contribution in [-0.4, -0.2) is 26.6 Å². The monoisotopic (exact) mass is 441 g/mol. The number of hydrogen-bond donors (Lipinski definition) is 3. The van der Waals surface area contributed by atoms with Gasteiger partial charge in [-0.05, 0) is 24.6 Å². The number of nitrogens with zero attached hydrogens (tertiary/aromatic N) is 2. The van der Waals surface area contributed by atoms with Gasteiger partial charge in [0.15, 0.2) is 0 Å². The van der Waals surface area contributed by atoms with Crippen LogP contribution in [0.25, 0.3) is 10.9 Å². The number of carbonyl (C=O) groups is 2. The van der Waals surface area contributed by atoms with Gasteiger partial charge in [-0.1, -0.05) is 59.6 Å². The van der Waals surface area contributed by atoms with Crippen molar-refractivity contribution in [1.29, 1.82) is 0 Å². The number of hydrogen-bond acceptors (Lipinski definition) is 3. The molecule has 2 heterocycles. The highest BCUT2D eigenvalue weighted by atomic mass is 35.5. The maximum atomic E-state index is 12.7. The zero-order chi connectivity index (χ0) is 21.3. The van der Waals surface area contributed by atoms with E-state index in [9.17, 15) is 9.59 Å². The second kappa shape index (κ2) is 8.22. The molecular formula is C21H17Cl2N5O2. The molecule has 0 fully saturated rings. The van der Waals surface area contributed by atoms with E-state index >= 15 is 0 Å². The standard InChI is InChI=1S/C21H17Cl2N5O2/c1-12-18(19(23)28(27-12)11-13-6-2-4-8-16(13)22)21(30)26-25-20(29)15-10-24-17-9-5-3-7-14(15)17/h2-10,24H,11H2,1H3,(H,25,29)(H,26,30). The highest BCUT2D eigenvalue weighted by Gasteiger charge is 2.22. The van der Waals surface area contributed by atoms with E-state index in [0.29, 0.717) is 22.8 Å². The molecule has 152 valence electrons. The van der Waals surface area contributed by atoms with E-state index in [0.717, 1.165) is 16.5 Å². The molecule has 0 saturated heterocycles. The quantitative estimate of drug-likeness (QED) is 0.416. The van der Waals surface area contributed by atoms with Crippen molar-refractivity contribution in [3.8, 4) is 0 Å². The molecule has 3 N–H and O–H groups in total. The molecule has 2 amide bonds. The summed E-state index contributed by atoms with van der Waals surface area (Å²) in [5.74, 6) is -1.01. The van der Waals surface area contributed by atoms with Gasteiger partial charge in [0.2, 0.25) is 0 Å². The predicted molar refractivity (Wildman–Crippen MR) is 116 cm³/mol. The van der Waals surface area contributed by atoms with Crippen molar-refractivity contribution in [1.82, 2.24) is 25.6 Å². The van der Waals surface area contributed by atoms with E-state index in [1.54, 1.807) is 19.2 Å². The molecule has 0 aliphatic carbocycles. The van der Waals surface area contributed by atoms with Crippen LogP contribution < -0.4 is 10.9 Å². The van der Waals surface area contributed by atoms with E-state index < -0.39 is 11.8 Å². The Morgan fingerprint density at radius 1 is 1.03 bits per heavy atom. The minimum atomic E-state index is -0.559. The fourth-order valence-electron chi connectivity index (χ4n) is 3.21. The van der Waals surface area contributed by atoms with Crippen LogP contribution >= 0.6 is 23.2 Å². The maximum Gasteiger partial charge on any atom is 0.274 e. The Kier molecular flexibility index (Phi) is 5.48. The SMILES string of the molecule is Cc1nn(Cc2ccccc2Cl)c(Cl)c1C(=O)NNC(=O)c1c[nH]c2ccccc12. The van der Waals surface area contributed by atoms with Crippen LogP contribution in [-0.2, 0) is 6.54 Å². The number of halogens is 2. The summed E-state index contributed by atoms with van der Waals surface area (Å²) in [6, 6.07) is 14.7. The Labute approximate surface area is 182 Å². The largest absolute Gasteiger partial charge is 0.360 e. The Bertz CT molecular complexity index is 1260. The maximum absolute atomic E-state index is 12.7. The predicted octanol–water partition coefficient (Wildman–Crippen LogP) is 4.10. The molecule has 0 aliphatic heterocycles. The molecule has 0 spiro atoms. The van der Waals surface area contributed by atoms with Crippen LogP contribution in [0.2, 0.25) is 10.2 Å². The Morgan fingerprint density at radius 2 is 1.73 bits per heavy atom. The Balaban J connectivity index is 1.49. The Morgan fingerprint density at radius 3 is 2.53 bits per heavy atom. The number of H-pyrrole nitrogens is 1. The zero-order valence-electron chi connectivity index (χ0n) is 15.9. The molecule has 2 aromatic heterocycles. The first kappa shape index (κ1) is 20.0. The molecule has 0 atom stereocenters. The Hall–Kier alpha value is -3.29. The van der Waals surface area contributed by atoms with E-state index in [1.807, 2.05) is 42.5 Å². The number of aromatic amines is 1. The minimum Gasteiger partial charge on any atom is -0.360 e. The van der Waals surface area contributed by atoms with Crippen molar-refractivity contribution >= 4 is 45.9 Å². The highest BCUT2D eigenvalue weighted by molar-refractivity contribution is 6.33. The summed E-state index contributed by atoms with van der Waals surface area (Å²) in [5.41, 5.74) is 7.52. The molecule has 0 aliphatic rings. The lowest BCUT2D eigenvalue weighted by Gasteiger charge is -2.08. The van der Waals surface area contributed by atoms with Gasteiger partial charge < -0.3 is 4.98 Å². The number of carbonyl (C=O) groups excluding carboxylic acids is 2. The topological polar surface area (TPSA) is 91.8 Å². The third-order valence-corrected chi connectivity index (χ3v) is 5.45. The number of nitrogens with one attached hydrogen (secondary N) is 3. The normalized spacial score (nSPS) is 10.9. The highest BCUT2D eigenvalue weighted by Crippen LogP contribution is 2.23. The molecule has 9 heteroatoms. The number of aromatic nitrogens is 3. The first-order valence-electron chi connectivity index (χ1n) is 9.09. The summed E-state index contributed by atoms with van der Waals surface area (Å²) in [7, 11) is 0. The van der Waals surface area contributed by atoms with Crippen molar-refractivity contribution in [2.45, 2.75) is 13.5 Å². The third-order valence-electron chi connectivity index (χ3n) is 4.69. The van der Waals surface area contributed by atoms with E-state index in [4.69, 9.17) is 23.2 Å². The minimum absolute atomic E-state index is 0.159. The lowest BCUT2D eigenvalue weighted by Crippen LogP contribution is -2.41. The molecule has 4 aromatic rings. The zero-order valence-corrected chi connectivity index (χ0v) is 17.4. The van der Waals surface area contributed by atoms with Crippen LogP contribution in [0.4, 0.5) is 0 Å². The van der Waals surface area contributed by atoms with Crippen molar-refractivity contribution in [3.05, 3.63) is 87.3 Å². The third kappa shape index (κ3) is 3.77. The number of fused-ring (bicyclic) bond motifs is 1. The second-order valence-electron chi connectivity index (χ2n) is 6.66. The summed E-state index contributed by atoms with van der Waals surface area (Å²) >= 11 is 12.6. The molecule has 30 heavy (non-hydrogen) atoms. The van der Waals surface area contributed by atoms with Gasteiger partial charge in [0.1, 0.15) is 10.7 Å². The van der Waals surface area contributed by atoms with Gasteiger partial charge in [0.25, 0.3) is 11.8 Å². The average Bonchev–Trinajstić information content (AvgIpc) is 3.28. The summed E-state index contributed by atoms with van der Waals surface area (Å²) in [4.78, 5) is 28.2. The second-order valence-corrected chi connectivity index (χ2v) is 7.42. The van der Waals surface area contributed by atoms with Crippen LogP contribution in [0.15, 0.2) is 54.7 Å². The summed E-state index contributed by atoms with van der Waals surface area (Å²) in [6.07, 6.45) is 1.59. The number of para-hydroxylation sites is 1. The molecule has 2 aromatic carbocycles. The fourth-order valence-corrected chi connectivity index (χ4v) is 3.72. The summed E-state index contributed by atoms with van der Waals surface area (Å²) in [6.45, 7) is 1.99. The van der Waals surface area contributed by atoms with Gasteiger partial charge in [0, 0.05) is 22.1 Å². The lowest BCUT2D eigenvalue weighted by molar-refractivity contribution is 0.0847. The number of amides is 2.